The Morgan fingerprint density at radius 3 is 2.92 bits per heavy atom. The molecule has 0 aromatic carbocycles. The summed E-state index contributed by atoms with van der Waals surface area (Å²) in [5.74, 6) is -0.698. The molecule has 0 N–H and O–H groups in total. The molecule has 1 heterocycles. The van der Waals surface area contributed by atoms with E-state index < -0.39 is 5.92 Å². The van der Waals surface area contributed by atoms with Crippen LogP contribution in [-0.2, 0) is 0 Å². The van der Waals surface area contributed by atoms with Crippen LogP contribution in [0.4, 0.5) is 0 Å². The van der Waals surface area contributed by atoms with Crippen molar-refractivity contribution in [1.82, 2.24) is 4.98 Å². The Labute approximate surface area is 81.0 Å². The number of carbonyl (C=O) groups excluding carboxylic acids is 1. The fraction of sp³-hybridized carbons (Fsp3) is 0.444. The quantitative estimate of drug-likeness (QED) is 0.693. The number of ketones is 1. The third kappa shape index (κ3) is 2.13. The third-order valence-electron chi connectivity index (χ3n) is 1.75. The third-order valence-corrected chi connectivity index (χ3v) is 2.53. The van der Waals surface area contributed by atoms with Gasteiger partial charge in [-0.3, -0.25) is 4.79 Å². The van der Waals surface area contributed by atoms with E-state index in [2.05, 4.69) is 4.98 Å². The minimum Gasteiger partial charge on any atom is -0.291 e. The van der Waals surface area contributed by atoms with Crippen molar-refractivity contribution in [3.8, 4) is 6.07 Å². The average molecular weight is 194 g/mol. The zero-order chi connectivity index (χ0) is 9.84. The van der Waals surface area contributed by atoms with Crippen molar-refractivity contribution in [1.29, 1.82) is 5.26 Å². The van der Waals surface area contributed by atoms with Crippen molar-refractivity contribution >= 4 is 17.1 Å². The number of hydrogen-bond donors (Lipinski definition) is 0. The van der Waals surface area contributed by atoms with Gasteiger partial charge in [-0.25, -0.2) is 4.98 Å². The van der Waals surface area contributed by atoms with Gasteiger partial charge < -0.3 is 0 Å². The summed E-state index contributed by atoms with van der Waals surface area (Å²) in [5, 5.41) is 11.2. The average Bonchev–Trinajstić information content (AvgIpc) is 2.54. The van der Waals surface area contributed by atoms with Crippen molar-refractivity contribution in [2.75, 3.05) is 0 Å². The second kappa shape index (κ2) is 4.15. The van der Waals surface area contributed by atoms with Gasteiger partial charge in [0.2, 0.25) is 0 Å². The molecule has 4 heteroatoms. The van der Waals surface area contributed by atoms with E-state index in [0.29, 0.717) is 12.1 Å². The first-order valence-corrected chi connectivity index (χ1v) is 4.93. The molecule has 0 saturated heterocycles. The van der Waals surface area contributed by atoms with Gasteiger partial charge in [0.05, 0.1) is 11.1 Å². The van der Waals surface area contributed by atoms with Crippen LogP contribution in [0.15, 0.2) is 5.38 Å². The molecule has 1 unspecified atom stereocenters. The van der Waals surface area contributed by atoms with Crippen molar-refractivity contribution in [2.24, 2.45) is 5.92 Å². The fourth-order valence-electron chi connectivity index (χ4n) is 0.990. The molecule has 1 aromatic heterocycles. The standard InChI is InChI=1S/C9H10N2OS/c1-3-7(4-10)9(12)8-5-13-6(2)11-8/h5,7H,3H2,1-2H3. The first kappa shape index (κ1) is 9.87. The second-order valence-corrected chi connectivity index (χ2v) is 3.77. The minimum atomic E-state index is -0.540. The lowest BCUT2D eigenvalue weighted by Crippen LogP contribution is -2.12. The number of Topliss-reactive ketones (excluding diaryl/α,β-unsaturated/α-hetero) is 1. The molecule has 0 radical (unpaired) electrons. The van der Waals surface area contributed by atoms with E-state index in [1.807, 2.05) is 19.9 Å². The van der Waals surface area contributed by atoms with Crippen molar-refractivity contribution < 1.29 is 4.79 Å². The van der Waals surface area contributed by atoms with Crippen LogP contribution in [0.3, 0.4) is 0 Å². The zero-order valence-electron chi connectivity index (χ0n) is 7.57. The zero-order valence-corrected chi connectivity index (χ0v) is 8.39. The molecular formula is C9H10N2OS. The van der Waals surface area contributed by atoms with E-state index in [9.17, 15) is 4.79 Å². The minimum absolute atomic E-state index is 0.158. The van der Waals surface area contributed by atoms with Gasteiger partial charge >= 0.3 is 0 Å². The van der Waals surface area contributed by atoms with E-state index in [4.69, 9.17) is 5.26 Å². The van der Waals surface area contributed by atoms with Gasteiger partial charge in [-0.1, -0.05) is 6.92 Å². The maximum absolute atomic E-state index is 11.5. The molecule has 0 saturated carbocycles. The number of aromatic nitrogens is 1. The molecule has 1 atom stereocenters. The number of carbonyl (C=O) groups is 1. The molecule has 0 fully saturated rings. The molecule has 0 amide bonds. The van der Waals surface area contributed by atoms with Crippen LogP contribution >= 0.6 is 11.3 Å². The van der Waals surface area contributed by atoms with Crippen molar-refractivity contribution in [3.05, 3.63) is 16.1 Å². The highest BCUT2D eigenvalue weighted by Gasteiger charge is 2.19. The second-order valence-electron chi connectivity index (χ2n) is 2.71. The van der Waals surface area contributed by atoms with E-state index in [1.165, 1.54) is 11.3 Å². The molecule has 0 aliphatic carbocycles. The number of hydrogen-bond acceptors (Lipinski definition) is 4. The van der Waals surface area contributed by atoms with Crippen LogP contribution in [0.25, 0.3) is 0 Å². The SMILES string of the molecule is CCC(C#N)C(=O)c1csc(C)n1. The van der Waals surface area contributed by atoms with Gasteiger partial charge in [-0.05, 0) is 13.3 Å². The van der Waals surface area contributed by atoms with Gasteiger partial charge in [0.1, 0.15) is 11.6 Å². The Kier molecular flexibility index (Phi) is 3.15. The molecule has 0 spiro atoms. The number of aryl methyl sites for hydroxylation is 1. The largest absolute Gasteiger partial charge is 0.291 e. The van der Waals surface area contributed by atoms with Crippen molar-refractivity contribution in [3.63, 3.8) is 0 Å². The lowest BCUT2D eigenvalue weighted by atomic mass is 10.0. The predicted molar refractivity (Wildman–Crippen MR) is 50.6 cm³/mol. The summed E-state index contributed by atoms with van der Waals surface area (Å²) < 4.78 is 0. The van der Waals surface area contributed by atoms with Crippen LogP contribution in [0.5, 0.6) is 0 Å². The summed E-state index contributed by atoms with van der Waals surface area (Å²) in [6.45, 7) is 3.67. The van der Waals surface area contributed by atoms with Gasteiger partial charge in [0, 0.05) is 5.38 Å². The highest BCUT2D eigenvalue weighted by atomic mass is 32.1. The Hall–Kier alpha value is -1.21. The maximum Gasteiger partial charge on any atom is 0.199 e. The summed E-state index contributed by atoms with van der Waals surface area (Å²) in [6, 6.07) is 1.97. The van der Waals surface area contributed by atoms with Crippen LogP contribution in [0.1, 0.15) is 28.8 Å². The summed E-state index contributed by atoms with van der Waals surface area (Å²) in [5.41, 5.74) is 0.427. The van der Waals surface area contributed by atoms with Crippen LogP contribution in [0.2, 0.25) is 0 Å². The highest BCUT2D eigenvalue weighted by molar-refractivity contribution is 7.09. The molecule has 0 aliphatic rings. The van der Waals surface area contributed by atoms with E-state index >= 15 is 0 Å². The Morgan fingerprint density at radius 1 is 1.85 bits per heavy atom. The van der Waals surface area contributed by atoms with Crippen LogP contribution < -0.4 is 0 Å². The van der Waals surface area contributed by atoms with E-state index in [0.717, 1.165) is 5.01 Å². The van der Waals surface area contributed by atoms with E-state index in [1.54, 1.807) is 5.38 Å². The number of nitriles is 1. The summed E-state index contributed by atoms with van der Waals surface area (Å²) in [6.07, 6.45) is 0.548. The number of rotatable bonds is 3. The normalized spacial score (nSPS) is 12.1. The molecular weight excluding hydrogens is 184 g/mol. The predicted octanol–water partition coefficient (Wildman–Crippen LogP) is 2.18. The molecule has 1 aromatic rings. The topological polar surface area (TPSA) is 53.8 Å². The lowest BCUT2D eigenvalue weighted by Gasteiger charge is -2.00. The molecule has 0 aliphatic heterocycles. The van der Waals surface area contributed by atoms with Gasteiger partial charge in [-0.15, -0.1) is 11.3 Å². The van der Waals surface area contributed by atoms with Crippen LogP contribution in [0, 0.1) is 24.2 Å². The summed E-state index contributed by atoms with van der Waals surface area (Å²) >= 11 is 1.43. The van der Waals surface area contributed by atoms with E-state index in [-0.39, 0.29) is 5.78 Å². The number of thiazole rings is 1. The molecule has 1 rings (SSSR count). The summed E-state index contributed by atoms with van der Waals surface area (Å²) in [7, 11) is 0. The molecule has 3 nitrogen and oxygen atoms in total. The van der Waals surface area contributed by atoms with Gasteiger partial charge in [-0.2, -0.15) is 5.26 Å². The maximum atomic E-state index is 11.5. The number of nitrogens with zero attached hydrogens (tertiary/aromatic N) is 2. The van der Waals surface area contributed by atoms with Crippen molar-refractivity contribution in [2.45, 2.75) is 20.3 Å². The Balaban J connectivity index is 2.85. The summed E-state index contributed by atoms with van der Waals surface area (Å²) in [4.78, 5) is 15.6. The lowest BCUT2D eigenvalue weighted by molar-refractivity contribution is 0.0942. The highest BCUT2D eigenvalue weighted by Crippen LogP contribution is 2.14. The van der Waals surface area contributed by atoms with Gasteiger partial charge in [0.15, 0.2) is 5.78 Å². The Morgan fingerprint density at radius 2 is 2.54 bits per heavy atom. The Bertz CT molecular complexity index is 351. The molecule has 68 valence electrons. The molecule has 13 heavy (non-hydrogen) atoms. The first-order valence-electron chi connectivity index (χ1n) is 4.05. The monoisotopic (exact) mass is 194 g/mol. The van der Waals surface area contributed by atoms with Gasteiger partial charge in [0.25, 0.3) is 0 Å². The molecule has 0 bridgehead atoms. The smallest absolute Gasteiger partial charge is 0.199 e. The van der Waals surface area contributed by atoms with Crippen LogP contribution in [-0.4, -0.2) is 10.8 Å². The first-order chi connectivity index (χ1) is 6.19. The fourth-order valence-corrected chi connectivity index (χ4v) is 1.59.